The van der Waals surface area contributed by atoms with Crippen LogP contribution in [-0.2, 0) is 12.0 Å². The summed E-state index contributed by atoms with van der Waals surface area (Å²) < 4.78 is 0. The Morgan fingerprint density at radius 2 is 1.88 bits per heavy atom. The van der Waals surface area contributed by atoms with E-state index in [1.54, 1.807) is 0 Å². The molecular formula is C22H28N2. The molecule has 0 aromatic heterocycles. The van der Waals surface area contributed by atoms with E-state index in [1.807, 2.05) is 0 Å². The fourth-order valence-electron chi connectivity index (χ4n) is 5.14. The Kier molecular flexibility index (Phi) is 3.42. The molecule has 2 heteroatoms. The molecule has 24 heavy (non-hydrogen) atoms. The Hall–Kier alpha value is -1.96. The second-order valence-corrected chi connectivity index (χ2v) is 7.49. The van der Waals surface area contributed by atoms with Crippen LogP contribution in [-0.4, -0.2) is 20.1 Å². The number of hydrogen-bond donors (Lipinski definition) is 0. The first-order valence-corrected chi connectivity index (χ1v) is 9.24. The number of benzene rings is 2. The van der Waals surface area contributed by atoms with Crippen LogP contribution in [0.25, 0.3) is 0 Å². The number of hydrogen-bond acceptors (Lipinski definition) is 2. The maximum atomic E-state index is 2.54. The molecule has 0 bridgehead atoms. The topological polar surface area (TPSA) is 6.48 Å². The van der Waals surface area contributed by atoms with Gasteiger partial charge in [-0.3, -0.25) is 0 Å². The average molecular weight is 320 g/mol. The fourth-order valence-corrected chi connectivity index (χ4v) is 5.14. The second-order valence-electron chi connectivity index (χ2n) is 7.49. The lowest BCUT2D eigenvalue weighted by Crippen LogP contribution is -2.38. The molecule has 0 saturated heterocycles. The lowest BCUT2D eigenvalue weighted by Gasteiger charge is -2.36. The standard InChI is InChI=1S/C22H28N2/c1-6-24(7-2)17-12-15(3)21-18(14-17)20-13-16-10-8-9-11-19(16)22(20,4)23(21)5/h8-12,14,20H,6-7,13H2,1-5H3/t20-,22-/m0/s1. The Bertz CT molecular complexity index is 791. The number of fused-ring (bicyclic) bond motifs is 5. The summed E-state index contributed by atoms with van der Waals surface area (Å²) in [6.07, 6.45) is 1.16. The van der Waals surface area contributed by atoms with Gasteiger partial charge in [0, 0.05) is 37.4 Å². The van der Waals surface area contributed by atoms with Crippen LogP contribution in [0.5, 0.6) is 0 Å². The Balaban J connectivity index is 1.89. The summed E-state index contributed by atoms with van der Waals surface area (Å²) in [4.78, 5) is 5.01. The minimum Gasteiger partial charge on any atom is -0.372 e. The van der Waals surface area contributed by atoms with Crippen LogP contribution < -0.4 is 9.80 Å². The quantitative estimate of drug-likeness (QED) is 0.798. The highest BCUT2D eigenvalue weighted by Gasteiger charge is 2.52. The van der Waals surface area contributed by atoms with Crippen LogP contribution in [0.4, 0.5) is 11.4 Å². The van der Waals surface area contributed by atoms with E-state index < -0.39 is 0 Å². The molecule has 1 aliphatic carbocycles. The summed E-state index contributed by atoms with van der Waals surface area (Å²) >= 11 is 0. The summed E-state index contributed by atoms with van der Waals surface area (Å²) in [5, 5.41) is 0. The van der Waals surface area contributed by atoms with Crippen molar-refractivity contribution < 1.29 is 0 Å². The highest BCUT2D eigenvalue weighted by atomic mass is 15.2. The zero-order chi connectivity index (χ0) is 17.1. The zero-order valence-corrected chi connectivity index (χ0v) is 15.6. The smallest absolute Gasteiger partial charge is 0.0697 e. The van der Waals surface area contributed by atoms with E-state index in [-0.39, 0.29) is 5.54 Å². The molecule has 126 valence electrons. The van der Waals surface area contributed by atoms with Crippen LogP contribution in [0.15, 0.2) is 36.4 Å². The summed E-state index contributed by atoms with van der Waals surface area (Å²) in [5.74, 6) is 0.559. The molecule has 2 aromatic carbocycles. The summed E-state index contributed by atoms with van der Waals surface area (Å²) in [7, 11) is 2.28. The summed E-state index contributed by atoms with van der Waals surface area (Å²) in [5.41, 5.74) is 8.90. The molecular weight excluding hydrogens is 292 g/mol. The normalized spacial score (nSPS) is 23.9. The van der Waals surface area contributed by atoms with E-state index in [0.29, 0.717) is 5.92 Å². The van der Waals surface area contributed by atoms with E-state index in [0.717, 1.165) is 19.5 Å². The van der Waals surface area contributed by atoms with Crippen LogP contribution >= 0.6 is 0 Å². The number of rotatable bonds is 3. The number of likely N-dealkylation sites (N-methyl/N-ethyl adjacent to an activating group) is 1. The predicted molar refractivity (Wildman–Crippen MR) is 103 cm³/mol. The van der Waals surface area contributed by atoms with Crippen molar-refractivity contribution in [2.45, 2.75) is 45.6 Å². The maximum Gasteiger partial charge on any atom is 0.0697 e. The molecule has 2 aliphatic rings. The molecule has 2 nitrogen and oxygen atoms in total. The first-order chi connectivity index (χ1) is 11.5. The molecule has 0 radical (unpaired) electrons. The van der Waals surface area contributed by atoms with Crippen molar-refractivity contribution in [1.82, 2.24) is 0 Å². The molecule has 0 N–H and O–H groups in total. The molecule has 1 heterocycles. The Morgan fingerprint density at radius 3 is 2.58 bits per heavy atom. The molecule has 0 saturated carbocycles. The van der Waals surface area contributed by atoms with E-state index >= 15 is 0 Å². The van der Waals surface area contributed by atoms with Crippen LogP contribution in [0.1, 0.15) is 48.9 Å². The van der Waals surface area contributed by atoms with Crippen molar-refractivity contribution in [2.24, 2.45) is 0 Å². The number of nitrogens with zero attached hydrogens (tertiary/aromatic N) is 2. The molecule has 0 amide bonds. The van der Waals surface area contributed by atoms with Crippen LogP contribution in [0.3, 0.4) is 0 Å². The molecule has 1 aliphatic heterocycles. The minimum absolute atomic E-state index is 0.0889. The largest absolute Gasteiger partial charge is 0.372 e. The van der Waals surface area contributed by atoms with E-state index in [2.05, 4.69) is 80.9 Å². The Morgan fingerprint density at radius 1 is 1.17 bits per heavy atom. The molecule has 2 atom stereocenters. The zero-order valence-electron chi connectivity index (χ0n) is 15.6. The highest BCUT2D eigenvalue weighted by Crippen LogP contribution is 2.59. The van der Waals surface area contributed by atoms with Gasteiger partial charge in [-0.15, -0.1) is 0 Å². The van der Waals surface area contributed by atoms with Crippen molar-refractivity contribution in [3.63, 3.8) is 0 Å². The van der Waals surface area contributed by atoms with Crippen molar-refractivity contribution in [3.8, 4) is 0 Å². The molecule has 0 unspecified atom stereocenters. The van der Waals surface area contributed by atoms with Crippen LogP contribution in [0.2, 0.25) is 0 Å². The molecule has 0 spiro atoms. The third-order valence-corrected chi connectivity index (χ3v) is 6.52. The third-order valence-electron chi connectivity index (χ3n) is 6.52. The van der Waals surface area contributed by atoms with Crippen molar-refractivity contribution in [2.75, 3.05) is 29.9 Å². The van der Waals surface area contributed by atoms with Gasteiger partial charge in [0.15, 0.2) is 0 Å². The van der Waals surface area contributed by atoms with Gasteiger partial charge in [-0.2, -0.15) is 0 Å². The SMILES string of the molecule is CCN(CC)c1cc(C)c2c(c1)[C@@H]1Cc3ccccc3[C@]1(C)N2C. The van der Waals surface area contributed by atoms with Gasteiger partial charge in [-0.05, 0) is 68.5 Å². The summed E-state index contributed by atoms with van der Waals surface area (Å²) in [6.45, 7) is 11.3. The van der Waals surface area contributed by atoms with Gasteiger partial charge in [-0.25, -0.2) is 0 Å². The number of aryl methyl sites for hydroxylation is 1. The first-order valence-electron chi connectivity index (χ1n) is 9.24. The minimum atomic E-state index is 0.0889. The van der Waals surface area contributed by atoms with Gasteiger partial charge in [0.1, 0.15) is 0 Å². The predicted octanol–water partition coefficient (Wildman–Crippen LogP) is 4.85. The van der Waals surface area contributed by atoms with Gasteiger partial charge < -0.3 is 9.80 Å². The Labute approximate surface area is 146 Å². The van der Waals surface area contributed by atoms with Gasteiger partial charge in [0.25, 0.3) is 0 Å². The molecule has 0 fully saturated rings. The third kappa shape index (κ3) is 1.83. The van der Waals surface area contributed by atoms with Gasteiger partial charge in [0.2, 0.25) is 0 Å². The van der Waals surface area contributed by atoms with Crippen molar-refractivity contribution in [3.05, 3.63) is 58.7 Å². The first kappa shape index (κ1) is 15.6. The fraction of sp³-hybridized carbons (Fsp3) is 0.455. The highest BCUT2D eigenvalue weighted by molar-refractivity contribution is 5.75. The van der Waals surface area contributed by atoms with Gasteiger partial charge >= 0.3 is 0 Å². The number of anilines is 2. The van der Waals surface area contributed by atoms with Crippen molar-refractivity contribution in [1.29, 1.82) is 0 Å². The van der Waals surface area contributed by atoms with E-state index in [4.69, 9.17) is 0 Å². The van der Waals surface area contributed by atoms with Crippen LogP contribution in [0, 0.1) is 6.92 Å². The molecule has 2 aromatic rings. The van der Waals surface area contributed by atoms with Gasteiger partial charge in [-0.1, -0.05) is 24.3 Å². The second kappa shape index (κ2) is 5.27. The lowest BCUT2D eigenvalue weighted by molar-refractivity contribution is 0.432. The van der Waals surface area contributed by atoms with Crippen molar-refractivity contribution >= 4 is 11.4 Å². The molecule has 4 rings (SSSR count). The van der Waals surface area contributed by atoms with E-state index in [9.17, 15) is 0 Å². The summed E-state index contributed by atoms with van der Waals surface area (Å²) in [6, 6.07) is 13.9. The monoisotopic (exact) mass is 320 g/mol. The average Bonchev–Trinajstić information content (AvgIpc) is 2.99. The lowest BCUT2D eigenvalue weighted by atomic mass is 9.84. The maximum absolute atomic E-state index is 2.54. The van der Waals surface area contributed by atoms with Gasteiger partial charge in [0.05, 0.1) is 5.54 Å². The van der Waals surface area contributed by atoms with E-state index in [1.165, 1.54) is 33.6 Å².